The molecule has 0 unspecified atom stereocenters. The smallest absolute Gasteiger partial charge is 0.225 e. The van der Waals surface area contributed by atoms with Gasteiger partial charge in [0, 0.05) is 32.7 Å². The highest BCUT2D eigenvalue weighted by atomic mass is 19.1. The second-order valence-corrected chi connectivity index (χ2v) is 3.78. The third-order valence-corrected chi connectivity index (χ3v) is 2.65. The molecule has 0 spiro atoms. The van der Waals surface area contributed by atoms with Gasteiger partial charge in [-0.2, -0.15) is 0 Å². The summed E-state index contributed by atoms with van der Waals surface area (Å²) in [5, 5.41) is 0. The molecule has 0 saturated carbocycles. The van der Waals surface area contributed by atoms with Gasteiger partial charge in [-0.3, -0.25) is 4.90 Å². The van der Waals surface area contributed by atoms with E-state index in [1.54, 1.807) is 0 Å². The summed E-state index contributed by atoms with van der Waals surface area (Å²) < 4.78 is 12.7. The van der Waals surface area contributed by atoms with E-state index in [1.165, 1.54) is 12.4 Å². The first-order valence-electron chi connectivity index (χ1n) is 5.35. The van der Waals surface area contributed by atoms with Gasteiger partial charge in [-0.1, -0.05) is 6.08 Å². The number of hydrogen-bond acceptors (Lipinski definition) is 4. The molecule has 0 atom stereocenters. The number of piperazine rings is 1. The summed E-state index contributed by atoms with van der Waals surface area (Å²) in [5.41, 5.74) is 0. The molecule has 16 heavy (non-hydrogen) atoms. The second kappa shape index (κ2) is 5.03. The lowest BCUT2D eigenvalue weighted by Crippen LogP contribution is -2.46. The Kier molecular flexibility index (Phi) is 3.46. The first-order valence-corrected chi connectivity index (χ1v) is 5.35. The van der Waals surface area contributed by atoms with Gasteiger partial charge in [-0.05, 0) is 0 Å². The minimum absolute atomic E-state index is 0.394. The highest BCUT2D eigenvalue weighted by Gasteiger charge is 2.17. The molecule has 4 nitrogen and oxygen atoms in total. The molecule has 0 aliphatic carbocycles. The molecule has 0 aromatic carbocycles. The number of aromatic nitrogens is 2. The van der Waals surface area contributed by atoms with Crippen LogP contribution in [-0.4, -0.2) is 47.6 Å². The normalized spacial score (nSPS) is 17.4. The van der Waals surface area contributed by atoms with Crippen molar-refractivity contribution in [3.63, 3.8) is 0 Å². The molecular weight excluding hydrogens is 207 g/mol. The van der Waals surface area contributed by atoms with Crippen LogP contribution >= 0.6 is 0 Å². The molecule has 1 fully saturated rings. The summed E-state index contributed by atoms with van der Waals surface area (Å²) in [6, 6.07) is 0. The number of anilines is 1. The number of nitrogens with zero attached hydrogens (tertiary/aromatic N) is 4. The van der Waals surface area contributed by atoms with E-state index in [0.717, 1.165) is 32.7 Å². The quantitative estimate of drug-likeness (QED) is 0.712. The SMILES string of the molecule is C=CCN1CCN(c2ncc(F)cn2)CC1. The van der Waals surface area contributed by atoms with Gasteiger partial charge in [0.1, 0.15) is 0 Å². The van der Waals surface area contributed by atoms with Crippen molar-refractivity contribution in [3.8, 4) is 0 Å². The van der Waals surface area contributed by atoms with E-state index in [-0.39, 0.29) is 0 Å². The van der Waals surface area contributed by atoms with Gasteiger partial charge in [-0.25, -0.2) is 14.4 Å². The number of hydrogen-bond donors (Lipinski definition) is 0. The van der Waals surface area contributed by atoms with Crippen LogP contribution in [0.4, 0.5) is 10.3 Å². The van der Waals surface area contributed by atoms with Crippen LogP contribution in [0.1, 0.15) is 0 Å². The Labute approximate surface area is 94.4 Å². The second-order valence-electron chi connectivity index (χ2n) is 3.78. The van der Waals surface area contributed by atoms with Crippen LogP contribution in [0, 0.1) is 5.82 Å². The predicted molar refractivity (Wildman–Crippen MR) is 60.8 cm³/mol. The first-order chi connectivity index (χ1) is 7.79. The summed E-state index contributed by atoms with van der Waals surface area (Å²) in [4.78, 5) is 12.3. The zero-order valence-corrected chi connectivity index (χ0v) is 9.14. The molecule has 86 valence electrons. The van der Waals surface area contributed by atoms with E-state index < -0.39 is 5.82 Å². The van der Waals surface area contributed by atoms with Crippen LogP contribution in [0.25, 0.3) is 0 Å². The summed E-state index contributed by atoms with van der Waals surface area (Å²) in [5.74, 6) is 0.216. The minimum atomic E-state index is -0.394. The van der Waals surface area contributed by atoms with Crippen LogP contribution in [0.2, 0.25) is 0 Å². The maximum Gasteiger partial charge on any atom is 0.225 e. The highest BCUT2D eigenvalue weighted by molar-refractivity contribution is 5.29. The van der Waals surface area contributed by atoms with Crippen molar-refractivity contribution in [1.29, 1.82) is 0 Å². The Morgan fingerprint density at radius 1 is 1.25 bits per heavy atom. The molecule has 5 heteroatoms. The molecule has 0 bridgehead atoms. The van der Waals surface area contributed by atoms with Gasteiger partial charge in [0.15, 0.2) is 5.82 Å². The molecule has 1 saturated heterocycles. The highest BCUT2D eigenvalue weighted by Crippen LogP contribution is 2.10. The van der Waals surface area contributed by atoms with Crippen molar-refractivity contribution in [2.24, 2.45) is 0 Å². The Morgan fingerprint density at radius 2 is 1.88 bits per heavy atom. The average Bonchev–Trinajstić information content (AvgIpc) is 2.32. The fourth-order valence-electron chi connectivity index (χ4n) is 1.78. The monoisotopic (exact) mass is 222 g/mol. The van der Waals surface area contributed by atoms with Crippen LogP contribution in [-0.2, 0) is 0 Å². The molecule has 1 aliphatic rings. The van der Waals surface area contributed by atoms with Crippen molar-refractivity contribution in [1.82, 2.24) is 14.9 Å². The van der Waals surface area contributed by atoms with E-state index in [2.05, 4.69) is 26.3 Å². The molecule has 2 heterocycles. The third kappa shape index (κ3) is 2.55. The van der Waals surface area contributed by atoms with Crippen molar-refractivity contribution < 1.29 is 4.39 Å². The zero-order valence-electron chi connectivity index (χ0n) is 9.14. The van der Waals surface area contributed by atoms with E-state index in [1.807, 2.05) is 6.08 Å². The lowest BCUT2D eigenvalue weighted by molar-refractivity contribution is 0.282. The molecule has 0 radical (unpaired) electrons. The van der Waals surface area contributed by atoms with Crippen molar-refractivity contribution in [3.05, 3.63) is 30.9 Å². The topological polar surface area (TPSA) is 32.3 Å². The van der Waals surface area contributed by atoms with Crippen molar-refractivity contribution in [2.75, 3.05) is 37.6 Å². The van der Waals surface area contributed by atoms with Gasteiger partial charge in [0.2, 0.25) is 5.95 Å². The maximum absolute atomic E-state index is 12.7. The molecule has 2 rings (SSSR count). The predicted octanol–water partition coefficient (Wildman–Crippen LogP) is 0.924. The maximum atomic E-state index is 12.7. The summed E-state index contributed by atoms with van der Waals surface area (Å²) in [6.45, 7) is 8.31. The van der Waals surface area contributed by atoms with E-state index in [0.29, 0.717) is 5.95 Å². The number of halogens is 1. The lowest BCUT2D eigenvalue weighted by Gasteiger charge is -2.33. The van der Waals surface area contributed by atoms with Gasteiger partial charge in [0.25, 0.3) is 0 Å². The Morgan fingerprint density at radius 3 is 2.44 bits per heavy atom. The molecule has 0 amide bonds. The van der Waals surface area contributed by atoms with Crippen LogP contribution in [0.3, 0.4) is 0 Å². The summed E-state index contributed by atoms with van der Waals surface area (Å²) in [7, 11) is 0. The fraction of sp³-hybridized carbons (Fsp3) is 0.455. The Hall–Kier alpha value is -1.49. The van der Waals surface area contributed by atoms with Crippen LogP contribution < -0.4 is 4.90 Å². The zero-order chi connectivity index (χ0) is 11.4. The van der Waals surface area contributed by atoms with Crippen molar-refractivity contribution >= 4 is 5.95 Å². The first kappa shape index (κ1) is 11.0. The molecule has 1 aromatic rings. The lowest BCUT2D eigenvalue weighted by atomic mass is 10.3. The minimum Gasteiger partial charge on any atom is -0.338 e. The van der Waals surface area contributed by atoms with Gasteiger partial charge >= 0.3 is 0 Å². The van der Waals surface area contributed by atoms with E-state index >= 15 is 0 Å². The van der Waals surface area contributed by atoms with Gasteiger partial charge in [0.05, 0.1) is 12.4 Å². The largest absolute Gasteiger partial charge is 0.338 e. The molecule has 1 aromatic heterocycles. The molecule has 0 N–H and O–H groups in total. The van der Waals surface area contributed by atoms with Gasteiger partial charge < -0.3 is 4.90 Å². The number of rotatable bonds is 3. The van der Waals surface area contributed by atoms with Crippen LogP contribution in [0.15, 0.2) is 25.0 Å². The fourth-order valence-corrected chi connectivity index (χ4v) is 1.78. The standard InChI is InChI=1S/C11H15FN4/c1-2-3-15-4-6-16(7-5-15)11-13-8-10(12)9-14-11/h2,8-9H,1,3-7H2. The van der Waals surface area contributed by atoms with Crippen molar-refractivity contribution in [2.45, 2.75) is 0 Å². The van der Waals surface area contributed by atoms with Gasteiger partial charge in [-0.15, -0.1) is 6.58 Å². The molecular formula is C11H15FN4. The Bertz CT molecular complexity index is 344. The van der Waals surface area contributed by atoms with Crippen LogP contribution in [0.5, 0.6) is 0 Å². The van der Waals surface area contributed by atoms with E-state index in [4.69, 9.17) is 0 Å². The average molecular weight is 222 g/mol. The summed E-state index contributed by atoms with van der Waals surface area (Å²) >= 11 is 0. The third-order valence-electron chi connectivity index (χ3n) is 2.65. The van der Waals surface area contributed by atoms with E-state index in [9.17, 15) is 4.39 Å². The molecule has 1 aliphatic heterocycles. The summed E-state index contributed by atoms with van der Waals surface area (Å²) in [6.07, 6.45) is 4.32. The Balaban J connectivity index is 1.93.